The van der Waals surface area contributed by atoms with Crippen LogP contribution in [0.15, 0.2) is 18.3 Å². The highest BCUT2D eigenvalue weighted by molar-refractivity contribution is 5.44. The molecule has 0 aliphatic carbocycles. The lowest BCUT2D eigenvalue weighted by atomic mass is 9.96. The first-order valence-electron chi connectivity index (χ1n) is 6.71. The molecule has 0 fully saturated rings. The van der Waals surface area contributed by atoms with E-state index in [1.165, 1.54) is 5.69 Å². The van der Waals surface area contributed by atoms with Crippen molar-refractivity contribution in [1.29, 1.82) is 0 Å². The normalized spacial score (nSPS) is 13.4. The van der Waals surface area contributed by atoms with Crippen molar-refractivity contribution >= 4 is 5.69 Å². The molecule has 0 bridgehead atoms. The lowest BCUT2D eigenvalue weighted by Gasteiger charge is -2.28. The Morgan fingerprint density at radius 3 is 2.39 bits per heavy atom. The van der Waals surface area contributed by atoms with E-state index in [0.29, 0.717) is 11.5 Å². The van der Waals surface area contributed by atoms with Gasteiger partial charge in [0.1, 0.15) is 0 Å². The zero-order valence-electron chi connectivity index (χ0n) is 12.6. The van der Waals surface area contributed by atoms with Gasteiger partial charge in [-0.3, -0.25) is 4.98 Å². The molecule has 0 radical (unpaired) electrons. The minimum Gasteiger partial charge on any atom is -0.373 e. The van der Waals surface area contributed by atoms with Gasteiger partial charge in [-0.05, 0) is 31.0 Å². The van der Waals surface area contributed by atoms with Crippen molar-refractivity contribution in [3.63, 3.8) is 0 Å². The number of pyridine rings is 1. The molecule has 3 heteroatoms. The minimum atomic E-state index is 0.296. The number of nitrogens with zero attached hydrogens (tertiary/aromatic N) is 2. The summed E-state index contributed by atoms with van der Waals surface area (Å²) in [5.41, 5.74) is 2.59. The molecule has 1 N–H and O–H groups in total. The predicted molar refractivity (Wildman–Crippen MR) is 79.1 cm³/mol. The summed E-state index contributed by atoms with van der Waals surface area (Å²) >= 11 is 0. The summed E-state index contributed by atoms with van der Waals surface area (Å²) in [6.45, 7) is 9.94. The van der Waals surface area contributed by atoms with Crippen LogP contribution in [0.3, 0.4) is 0 Å². The van der Waals surface area contributed by atoms with Gasteiger partial charge in [0.2, 0.25) is 0 Å². The monoisotopic (exact) mass is 249 g/mol. The molecule has 0 saturated heterocycles. The van der Waals surface area contributed by atoms with E-state index in [0.717, 1.165) is 18.7 Å². The highest BCUT2D eigenvalue weighted by Gasteiger charge is 2.14. The molecule has 1 unspecified atom stereocenters. The number of hydrogen-bond donors (Lipinski definition) is 1. The Morgan fingerprint density at radius 2 is 2.00 bits per heavy atom. The van der Waals surface area contributed by atoms with Crippen molar-refractivity contribution < 1.29 is 0 Å². The lowest BCUT2D eigenvalue weighted by molar-refractivity contribution is 0.419. The molecule has 1 aromatic heterocycles. The van der Waals surface area contributed by atoms with E-state index in [-0.39, 0.29) is 0 Å². The van der Waals surface area contributed by atoms with Crippen LogP contribution in [-0.2, 0) is 0 Å². The molecular weight excluding hydrogens is 222 g/mol. The van der Waals surface area contributed by atoms with Gasteiger partial charge in [0, 0.05) is 19.6 Å². The van der Waals surface area contributed by atoms with Crippen molar-refractivity contribution in [2.24, 2.45) is 5.41 Å². The molecule has 3 nitrogen and oxygen atoms in total. The van der Waals surface area contributed by atoms with E-state index in [9.17, 15) is 0 Å². The predicted octanol–water partition coefficient (Wildman–Crippen LogP) is 3.23. The van der Waals surface area contributed by atoms with E-state index < -0.39 is 0 Å². The number of hydrogen-bond acceptors (Lipinski definition) is 3. The minimum absolute atomic E-state index is 0.296. The summed E-state index contributed by atoms with van der Waals surface area (Å²) < 4.78 is 0. The Labute approximate surface area is 112 Å². The van der Waals surface area contributed by atoms with E-state index in [2.05, 4.69) is 62.1 Å². The van der Waals surface area contributed by atoms with Crippen molar-refractivity contribution in [2.75, 3.05) is 25.5 Å². The summed E-state index contributed by atoms with van der Waals surface area (Å²) in [5, 5.41) is 3.28. The maximum absolute atomic E-state index is 4.57. The zero-order chi connectivity index (χ0) is 13.8. The van der Waals surface area contributed by atoms with Crippen molar-refractivity contribution in [3.05, 3.63) is 24.0 Å². The van der Waals surface area contributed by atoms with Gasteiger partial charge in [-0.15, -0.1) is 0 Å². The van der Waals surface area contributed by atoms with E-state index in [1.807, 2.05) is 13.2 Å². The second-order valence-electron chi connectivity index (χ2n) is 6.11. The Balaban J connectivity index is 2.76. The molecular formula is C15H27N3. The molecule has 1 atom stereocenters. The van der Waals surface area contributed by atoms with Gasteiger partial charge in [0.15, 0.2) is 0 Å². The van der Waals surface area contributed by atoms with Gasteiger partial charge in [0.05, 0.1) is 17.6 Å². The number of aromatic nitrogens is 1. The summed E-state index contributed by atoms with van der Waals surface area (Å²) in [7, 11) is 4.10. The third-order valence-electron chi connectivity index (χ3n) is 3.04. The molecule has 0 saturated carbocycles. The molecule has 18 heavy (non-hydrogen) atoms. The summed E-state index contributed by atoms with van der Waals surface area (Å²) in [6, 6.07) is 4.64. The maximum Gasteiger partial charge on any atom is 0.0574 e. The fourth-order valence-electron chi connectivity index (χ4n) is 2.19. The van der Waals surface area contributed by atoms with Gasteiger partial charge < -0.3 is 10.2 Å². The second kappa shape index (κ2) is 6.19. The van der Waals surface area contributed by atoms with Crippen LogP contribution in [0.25, 0.3) is 0 Å². The van der Waals surface area contributed by atoms with Crippen LogP contribution >= 0.6 is 0 Å². The largest absolute Gasteiger partial charge is 0.373 e. The van der Waals surface area contributed by atoms with Gasteiger partial charge in [-0.2, -0.15) is 0 Å². The first kappa shape index (κ1) is 15.0. The number of nitrogens with one attached hydrogen (secondary N) is 1. The van der Waals surface area contributed by atoms with Crippen LogP contribution in [0, 0.1) is 5.41 Å². The average Bonchev–Trinajstić information content (AvgIpc) is 2.29. The van der Waals surface area contributed by atoms with Crippen LogP contribution in [0.1, 0.15) is 45.9 Å². The fourth-order valence-corrected chi connectivity index (χ4v) is 2.19. The fraction of sp³-hybridized carbons (Fsp3) is 0.667. The third-order valence-corrected chi connectivity index (χ3v) is 3.04. The first-order valence-corrected chi connectivity index (χ1v) is 6.71. The average molecular weight is 249 g/mol. The van der Waals surface area contributed by atoms with Gasteiger partial charge in [-0.1, -0.05) is 27.7 Å². The third kappa shape index (κ3) is 4.30. The Bertz CT molecular complexity index is 347. The lowest BCUT2D eigenvalue weighted by Crippen LogP contribution is -2.29. The molecule has 0 amide bonds. The standard InChI is InChI=1S/C15H27N3/c1-7-13(16-5)14-9-8-12(10-17-14)18(6)11-15(2,3)4/h8-10,13,16H,7,11H2,1-6H3. The van der Waals surface area contributed by atoms with Crippen molar-refractivity contribution in [1.82, 2.24) is 10.3 Å². The molecule has 0 spiro atoms. The van der Waals surface area contributed by atoms with E-state index in [1.54, 1.807) is 0 Å². The SMILES string of the molecule is CCC(NC)c1ccc(N(C)CC(C)(C)C)cn1. The highest BCUT2D eigenvalue weighted by atomic mass is 15.1. The quantitative estimate of drug-likeness (QED) is 0.868. The van der Waals surface area contributed by atoms with Crippen LogP contribution in [0.5, 0.6) is 0 Å². The van der Waals surface area contributed by atoms with Crippen molar-refractivity contribution in [2.45, 2.75) is 40.2 Å². The van der Waals surface area contributed by atoms with Crippen LogP contribution in [0.4, 0.5) is 5.69 Å². The maximum atomic E-state index is 4.57. The highest BCUT2D eigenvalue weighted by Crippen LogP contribution is 2.21. The number of anilines is 1. The molecule has 0 aliphatic rings. The van der Waals surface area contributed by atoms with Crippen molar-refractivity contribution in [3.8, 4) is 0 Å². The first-order chi connectivity index (χ1) is 8.37. The van der Waals surface area contributed by atoms with Crippen LogP contribution in [-0.4, -0.2) is 25.6 Å². The summed E-state index contributed by atoms with van der Waals surface area (Å²) in [5.74, 6) is 0. The van der Waals surface area contributed by atoms with E-state index in [4.69, 9.17) is 0 Å². The second-order valence-corrected chi connectivity index (χ2v) is 6.11. The summed E-state index contributed by atoms with van der Waals surface area (Å²) in [6.07, 6.45) is 3.03. The zero-order valence-corrected chi connectivity index (χ0v) is 12.6. The van der Waals surface area contributed by atoms with Gasteiger partial charge in [0.25, 0.3) is 0 Å². The Hall–Kier alpha value is -1.09. The molecule has 1 aromatic rings. The molecule has 102 valence electrons. The Morgan fingerprint density at radius 1 is 1.33 bits per heavy atom. The molecule has 0 aromatic carbocycles. The van der Waals surface area contributed by atoms with Crippen LogP contribution in [0.2, 0.25) is 0 Å². The topological polar surface area (TPSA) is 28.2 Å². The smallest absolute Gasteiger partial charge is 0.0574 e. The Kier molecular flexibility index (Phi) is 5.15. The summed E-state index contributed by atoms with van der Waals surface area (Å²) in [4.78, 5) is 6.83. The van der Waals surface area contributed by atoms with Crippen LogP contribution < -0.4 is 10.2 Å². The van der Waals surface area contributed by atoms with E-state index >= 15 is 0 Å². The number of rotatable bonds is 5. The van der Waals surface area contributed by atoms with Gasteiger partial charge in [-0.25, -0.2) is 0 Å². The molecule has 1 heterocycles. The molecule has 1 rings (SSSR count). The van der Waals surface area contributed by atoms with Gasteiger partial charge >= 0.3 is 0 Å². The molecule has 0 aliphatic heterocycles.